The molecule has 3 rings (SSSR count). The highest BCUT2D eigenvalue weighted by atomic mass is 16.5. The summed E-state index contributed by atoms with van der Waals surface area (Å²) in [6, 6.07) is 11.7. The molecule has 2 N–H and O–H groups in total. The molecule has 0 bridgehead atoms. The second kappa shape index (κ2) is 6.93. The van der Waals surface area contributed by atoms with Crippen LogP contribution in [0.1, 0.15) is 28.5 Å². The Bertz CT molecular complexity index is 802. The molecule has 0 aliphatic carbocycles. The maximum Gasteiger partial charge on any atom is 0.230 e. The standard InChI is InChI=1S/C19H21N3O3/c1-3-25-16-9-8-15-17(21-16)18(23)14(19(20)24)11-22(15)10-13-6-4-12(2)5-7-13/h4-9,14H,3,10-11H2,1-2H3,(H2,20,24). The normalized spacial score (nSPS) is 16.5. The number of pyridine rings is 1. The molecule has 1 aliphatic heterocycles. The second-order valence-corrected chi connectivity index (χ2v) is 6.14. The number of ether oxygens (including phenoxy) is 1. The Morgan fingerprint density at radius 3 is 2.64 bits per heavy atom. The first-order valence-corrected chi connectivity index (χ1v) is 8.27. The minimum atomic E-state index is -0.901. The number of carbonyl (C=O) groups is 2. The Balaban J connectivity index is 1.98. The number of hydrogen-bond acceptors (Lipinski definition) is 5. The van der Waals surface area contributed by atoms with Gasteiger partial charge in [0.05, 0.1) is 12.3 Å². The molecular formula is C19H21N3O3. The summed E-state index contributed by atoms with van der Waals surface area (Å²) in [4.78, 5) is 30.6. The maximum atomic E-state index is 12.6. The lowest BCUT2D eigenvalue weighted by Crippen LogP contribution is -2.45. The summed E-state index contributed by atoms with van der Waals surface area (Å²) in [5.41, 5.74) is 8.65. The van der Waals surface area contributed by atoms with Gasteiger partial charge in [-0.2, -0.15) is 0 Å². The monoisotopic (exact) mass is 339 g/mol. The second-order valence-electron chi connectivity index (χ2n) is 6.14. The van der Waals surface area contributed by atoms with Crippen molar-refractivity contribution >= 4 is 17.4 Å². The predicted octanol–water partition coefficient (Wildman–Crippen LogP) is 2.09. The third kappa shape index (κ3) is 3.47. The van der Waals surface area contributed by atoms with E-state index in [1.807, 2.05) is 49.1 Å². The van der Waals surface area contributed by atoms with Crippen LogP contribution in [0.25, 0.3) is 0 Å². The van der Waals surface area contributed by atoms with Crippen LogP contribution in [0.5, 0.6) is 5.88 Å². The Morgan fingerprint density at radius 2 is 2.00 bits per heavy atom. The number of benzene rings is 1. The van der Waals surface area contributed by atoms with E-state index in [-0.39, 0.29) is 18.0 Å². The van der Waals surface area contributed by atoms with E-state index in [1.165, 1.54) is 5.56 Å². The lowest BCUT2D eigenvalue weighted by Gasteiger charge is -2.33. The van der Waals surface area contributed by atoms with E-state index in [9.17, 15) is 9.59 Å². The summed E-state index contributed by atoms with van der Waals surface area (Å²) in [7, 11) is 0. The van der Waals surface area contributed by atoms with E-state index in [4.69, 9.17) is 10.5 Å². The zero-order valence-electron chi connectivity index (χ0n) is 14.4. The van der Waals surface area contributed by atoms with E-state index in [0.29, 0.717) is 24.7 Å². The van der Waals surface area contributed by atoms with Crippen molar-refractivity contribution in [3.05, 3.63) is 53.2 Å². The highest BCUT2D eigenvalue weighted by Gasteiger charge is 2.36. The number of nitrogens with zero attached hydrogens (tertiary/aromatic N) is 2. The quantitative estimate of drug-likeness (QED) is 0.843. The van der Waals surface area contributed by atoms with Crippen molar-refractivity contribution in [1.29, 1.82) is 0 Å². The van der Waals surface area contributed by atoms with Gasteiger partial charge in [0.25, 0.3) is 0 Å². The van der Waals surface area contributed by atoms with Gasteiger partial charge in [0.2, 0.25) is 11.8 Å². The highest BCUT2D eigenvalue weighted by molar-refractivity contribution is 6.13. The van der Waals surface area contributed by atoms with Gasteiger partial charge in [0.1, 0.15) is 11.6 Å². The van der Waals surface area contributed by atoms with Crippen molar-refractivity contribution in [1.82, 2.24) is 4.98 Å². The van der Waals surface area contributed by atoms with Gasteiger partial charge in [0, 0.05) is 19.2 Å². The average Bonchev–Trinajstić information content (AvgIpc) is 2.59. The number of Topliss-reactive ketones (excluding diaryl/α,β-unsaturated/α-hetero) is 1. The van der Waals surface area contributed by atoms with Gasteiger partial charge in [-0.3, -0.25) is 9.59 Å². The number of aromatic nitrogens is 1. The van der Waals surface area contributed by atoms with E-state index in [1.54, 1.807) is 6.07 Å². The molecule has 130 valence electrons. The van der Waals surface area contributed by atoms with E-state index >= 15 is 0 Å². The Hall–Kier alpha value is -2.89. The number of nitrogens with two attached hydrogens (primary N) is 1. The molecule has 0 saturated carbocycles. The van der Waals surface area contributed by atoms with Gasteiger partial charge in [-0.05, 0) is 25.5 Å². The summed E-state index contributed by atoms with van der Waals surface area (Å²) in [6.07, 6.45) is 0. The Labute approximate surface area is 146 Å². The number of hydrogen-bond donors (Lipinski definition) is 1. The molecule has 1 unspecified atom stereocenters. The smallest absolute Gasteiger partial charge is 0.230 e. The molecule has 1 amide bonds. The number of fused-ring (bicyclic) bond motifs is 1. The van der Waals surface area contributed by atoms with Crippen LogP contribution in [0, 0.1) is 12.8 Å². The number of amides is 1. The molecule has 25 heavy (non-hydrogen) atoms. The fourth-order valence-electron chi connectivity index (χ4n) is 2.95. The summed E-state index contributed by atoms with van der Waals surface area (Å²) >= 11 is 0. The summed E-state index contributed by atoms with van der Waals surface area (Å²) in [6.45, 7) is 5.15. The first kappa shape index (κ1) is 17.0. The van der Waals surface area contributed by atoms with Crippen molar-refractivity contribution in [2.45, 2.75) is 20.4 Å². The topological polar surface area (TPSA) is 85.5 Å². The number of ketones is 1. The summed E-state index contributed by atoms with van der Waals surface area (Å²) in [5.74, 6) is -1.50. The third-order valence-electron chi connectivity index (χ3n) is 4.27. The highest BCUT2D eigenvalue weighted by Crippen LogP contribution is 2.31. The molecule has 0 fully saturated rings. The molecule has 6 nitrogen and oxygen atoms in total. The van der Waals surface area contributed by atoms with Crippen LogP contribution < -0.4 is 15.4 Å². The van der Waals surface area contributed by atoms with E-state index in [2.05, 4.69) is 4.98 Å². The fourth-order valence-corrected chi connectivity index (χ4v) is 2.95. The van der Waals surface area contributed by atoms with Crippen molar-refractivity contribution < 1.29 is 14.3 Å². The molecule has 6 heteroatoms. The van der Waals surface area contributed by atoms with Gasteiger partial charge >= 0.3 is 0 Å². The van der Waals surface area contributed by atoms with E-state index < -0.39 is 11.8 Å². The van der Waals surface area contributed by atoms with Crippen molar-refractivity contribution in [2.75, 3.05) is 18.1 Å². The number of anilines is 1. The number of aryl methyl sites for hydroxylation is 1. The van der Waals surface area contributed by atoms with Crippen molar-refractivity contribution in [3.8, 4) is 5.88 Å². The minimum Gasteiger partial charge on any atom is -0.478 e. The largest absolute Gasteiger partial charge is 0.478 e. The third-order valence-corrected chi connectivity index (χ3v) is 4.27. The predicted molar refractivity (Wildman–Crippen MR) is 94.6 cm³/mol. The van der Waals surface area contributed by atoms with Crippen LogP contribution in [-0.4, -0.2) is 29.8 Å². The molecular weight excluding hydrogens is 318 g/mol. The van der Waals surface area contributed by atoms with Crippen LogP contribution in [0.15, 0.2) is 36.4 Å². The molecule has 1 atom stereocenters. The first-order valence-electron chi connectivity index (χ1n) is 8.27. The average molecular weight is 339 g/mol. The number of carbonyl (C=O) groups excluding carboxylic acids is 2. The number of rotatable bonds is 5. The van der Waals surface area contributed by atoms with Gasteiger partial charge < -0.3 is 15.4 Å². The molecule has 0 spiro atoms. The van der Waals surface area contributed by atoms with Crippen LogP contribution in [-0.2, 0) is 11.3 Å². The molecule has 1 aromatic heterocycles. The van der Waals surface area contributed by atoms with Gasteiger partial charge in [0.15, 0.2) is 5.78 Å². The van der Waals surface area contributed by atoms with Crippen LogP contribution in [0.3, 0.4) is 0 Å². The van der Waals surface area contributed by atoms with Crippen LogP contribution >= 0.6 is 0 Å². The molecule has 2 heterocycles. The minimum absolute atomic E-state index is 0.244. The molecule has 2 aromatic rings. The van der Waals surface area contributed by atoms with E-state index in [0.717, 1.165) is 5.56 Å². The van der Waals surface area contributed by atoms with Crippen LogP contribution in [0.2, 0.25) is 0 Å². The summed E-state index contributed by atoms with van der Waals surface area (Å²) < 4.78 is 5.38. The van der Waals surface area contributed by atoms with Crippen molar-refractivity contribution in [2.24, 2.45) is 11.7 Å². The fraction of sp³-hybridized carbons (Fsp3) is 0.316. The van der Waals surface area contributed by atoms with Gasteiger partial charge in [-0.25, -0.2) is 4.98 Å². The van der Waals surface area contributed by atoms with Gasteiger partial charge in [-0.15, -0.1) is 0 Å². The Kier molecular flexibility index (Phi) is 4.70. The first-order chi connectivity index (χ1) is 12.0. The lowest BCUT2D eigenvalue weighted by atomic mass is 9.93. The molecule has 0 radical (unpaired) electrons. The van der Waals surface area contributed by atoms with Gasteiger partial charge in [-0.1, -0.05) is 29.8 Å². The molecule has 1 aliphatic rings. The SMILES string of the molecule is CCOc1ccc2c(n1)C(=O)C(C(N)=O)CN2Cc1ccc(C)cc1. The summed E-state index contributed by atoms with van der Waals surface area (Å²) in [5, 5.41) is 0. The number of primary amides is 1. The zero-order valence-corrected chi connectivity index (χ0v) is 14.4. The maximum absolute atomic E-state index is 12.6. The Morgan fingerprint density at radius 1 is 1.28 bits per heavy atom. The van der Waals surface area contributed by atoms with Crippen molar-refractivity contribution in [3.63, 3.8) is 0 Å². The zero-order chi connectivity index (χ0) is 18.0. The van der Waals surface area contributed by atoms with Crippen LogP contribution in [0.4, 0.5) is 5.69 Å². The molecule has 1 aromatic carbocycles. The molecule has 0 saturated heterocycles. The lowest BCUT2D eigenvalue weighted by molar-refractivity contribution is -0.120.